The summed E-state index contributed by atoms with van der Waals surface area (Å²) in [5.41, 5.74) is 1.40. The van der Waals surface area contributed by atoms with Crippen LogP contribution in [0.1, 0.15) is 24.2 Å². The van der Waals surface area contributed by atoms with Crippen LogP contribution in [0.2, 0.25) is 0 Å². The fraction of sp³-hybridized carbons (Fsp3) is 0.467. The number of aliphatic carboxylic acids is 1. The number of hydrogen-bond donors (Lipinski definition) is 1. The van der Waals surface area contributed by atoms with Crippen LogP contribution in [0.25, 0.3) is 6.08 Å². The second kappa shape index (κ2) is 7.05. The Bertz CT molecular complexity index is 494. The molecule has 2 rings (SSSR count). The van der Waals surface area contributed by atoms with Crippen LogP contribution in [-0.2, 0) is 4.79 Å². The van der Waals surface area contributed by atoms with Crippen LogP contribution in [0.5, 0.6) is 5.75 Å². The van der Waals surface area contributed by atoms with Gasteiger partial charge in [-0.05, 0) is 51.1 Å². The molecule has 0 atom stereocenters. The highest BCUT2D eigenvalue weighted by molar-refractivity contribution is 5.85. The monoisotopic (exact) mass is 276 g/mol. The molecule has 1 saturated heterocycles. The van der Waals surface area contributed by atoms with Crippen LogP contribution in [0.4, 0.5) is 0 Å². The van der Waals surface area contributed by atoms with E-state index in [1.165, 1.54) is 18.9 Å². The number of pyridine rings is 1. The number of carboxylic acids is 1. The molecular formula is C15H20N2O3. The second-order valence-corrected chi connectivity index (χ2v) is 4.90. The molecular weight excluding hydrogens is 256 g/mol. The Morgan fingerprint density at radius 1 is 1.45 bits per heavy atom. The number of carboxylic acid groups (broad SMARTS) is 1. The Labute approximate surface area is 118 Å². The zero-order valence-corrected chi connectivity index (χ0v) is 11.7. The highest BCUT2D eigenvalue weighted by Crippen LogP contribution is 2.18. The Morgan fingerprint density at radius 3 is 2.90 bits per heavy atom. The van der Waals surface area contributed by atoms with E-state index >= 15 is 0 Å². The lowest BCUT2D eigenvalue weighted by molar-refractivity contribution is -0.131. The number of nitrogens with zero attached hydrogens (tertiary/aromatic N) is 2. The van der Waals surface area contributed by atoms with E-state index in [0.29, 0.717) is 18.1 Å². The quantitative estimate of drug-likeness (QED) is 0.805. The Morgan fingerprint density at radius 2 is 2.20 bits per heavy atom. The molecule has 5 heteroatoms. The third-order valence-corrected chi connectivity index (χ3v) is 3.27. The van der Waals surface area contributed by atoms with Crippen LogP contribution < -0.4 is 4.74 Å². The largest absolute Gasteiger partial charge is 0.490 e. The number of aromatic nitrogens is 1. The van der Waals surface area contributed by atoms with Gasteiger partial charge in [0.05, 0.1) is 0 Å². The number of ether oxygens (including phenoxy) is 1. The topological polar surface area (TPSA) is 62.7 Å². The summed E-state index contributed by atoms with van der Waals surface area (Å²) >= 11 is 0. The van der Waals surface area contributed by atoms with Crippen LogP contribution in [0.3, 0.4) is 0 Å². The molecule has 1 aliphatic rings. The Hall–Kier alpha value is -1.88. The first-order valence-electron chi connectivity index (χ1n) is 6.89. The van der Waals surface area contributed by atoms with Gasteiger partial charge in [0.2, 0.25) is 0 Å². The summed E-state index contributed by atoms with van der Waals surface area (Å²) in [5.74, 6) is -0.358. The number of carbonyl (C=O) groups is 1. The molecule has 1 aliphatic heterocycles. The first-order chi connectivity index (χ1) is 9.65. The summed E-state index contributed by atoms with van der Waals surface area (Å²) in [6.07, 6.45) is 5.08. The van der Waals surface area contributed by atoms with E-state index in [2.05, 4.69) is 9.88 Å². The summed E-state index contributed by atoms with van der Waals surface area (Å²) < 4.78 is 5.74. The predicted octanol–water partition coefficient (Wildman–Crippen LogP) is 1.96. The van der Waals surface area contributed by atoms with E-state index in [1.54, 1.807) is 0 Å². The standard InChI is InChI=1S/C15H20N2O3/c1-12-4-6-14(13(16-12)5-7-15(18)19)20-11-10-17-8-2-3-9-17/h4-7H,2-3,8-11H2,1H3,(H,18,19). The van der Waals surface area contributed by atoms with Crippen LogP contribution in [0.15, 0.2) is 18.2 Å². The van der Waals surface area contributed by atoms with Crippen molar-refractivity contribution in [3.63, 3.8) is 0 Å². The van der Waals surface area contributed by atoms with Gasteiger partial charge in [-0.1, -0.05) is 0 Å². The summed E-state index contributed by atoms with van der Waals surface area (Å²) in [5, 5.41) is 8.69. The Kier molecular flexibility index (Phi) is 5.12. The molecule has 20 heavy (non-hydrogen) atoms. The molecule has 108 valence electrons. The maximum absolute atomic E-state index is 10.6. The number of aryl methyl sites for hydroxylation is 1. The van der Waals surface area contributed by atoms with Crippen molar-refractivity contribution in [2.24, 2.45) is 0 Å². The first-order valence-corrected chi connectivity index (χ1v) is 6.89. The van der Waals surface area contributed by atoms with Crippen LogP contribution >= 0.6 is 0 Å². The molecule has 1 fully saturated rings. The molecule has 0 bridgehead atoms. The molecule has 5 nitrogen and oxygen atoms in total. The van der Waals surface area contributed by atoms with Gasteiger partial charge in [-0.15, -0.1) is 0 Å². The smallest absolute Gasteiger partial charge is 0.328 e. The van der Waals surface area contributed by atoms with E-state index < -0.39 is 5.97 Å². The molecule has 1 aromatic rings. The van der Waals surface area contributed by atoms with Crippen molar-refractivity contribution in [2.45, 2.75) is 19.8 Å². The minimum absolute atomic E-state index is 0.564. The van der Waals surface area contributed by atoms with E-state index in [4.69, 9.17) is 9.84 Å². The lowest BCUT2D eigenvalue weighted by Gasteiger charge is -2.15. The molecule has 1 aromatic heterocycles. The maximum Gasteiger partial charge on any atom is 0.328 e. The number of hydrogen-bond acceptors (Lipinski definition) is 4. The normalized spacial score (nSPS) is 15.8. The zero-order valence-electron chi connectivity index (χ0n) is 11.7. The van der Waals surface area contributed by atoms with Gasteiger partial charge in [0.1, 0.15) is 18.1 Å². The molecule has 0 spiro atoms. The van der Waals surface area contributed by atoms with Gasteiger partial charge in [0.25, 0.3) is 0 Å². The van der Waals surface area contributed by atoms with Crippen LogP contribution in [0, 0.1) is 6.92 Å². The van der Waals surface area contributed by atoms with E-state index in [9.17, 15) is 4.79 Å². The summed E-state index contributed by atoms with van der Waals surface area (Å²) in [6.45, 7) is 5.64. The van der Waals surface area contributed by atoms with Crippen molar-refractivity contribution in [2.75, 3.05) is 26.2 Å². The van der Waals surface area contributed by atoms with Crippen molar-refractivity contribution in [1.29, 1.82) is 0 Å². The van der Waals surface area contributed by atoms with Gasteiger partial charge in [0.15, 0.2) is 0 Å². The highest BCUT2D eigenvalue weighted by Gasteiger charge is 2.11. The third-order valence-electron chi connectivity index (χ3n) is 3.27. The second-order valence-electron chi connectivity index (χ2n) is 4.90. The molecule has 0 radical (unpaired) electrons. The van der Waals surface area contributed by atoms with E-state index in [-0.39, 0.29) is 0 Å². The number of rotatable bonds is 6. The van der Waals surface area contributed by atoms with Crippen molar-refractivity contribution in [3.05, 3.63) is 29.6 Å². The summed E-state index contributed by atoms with van der Waals surface area (Å²) in [7, 11) is 0. The average molecular weight is 276 g/mol. The van der Waals surface area contributed by atoms with Gasteiger partial charge in [-0.2, -0.15) is 0 Å². The molecule has 2 heterocycles. The van der Waals surface area contributed by atoms with Gasteiger partial charge in [0, 0.05) is 18.3 Å². The fourth-order valence-electron chi connectivity index (χ4n) is 2.25. The van der Waals surface area contributed by atoms with Crippen molar-refractivity contribution >= 4 is 12.0 Å². The van der Waals surface area contributed by atoms with Crippen molar-refractivity contribution in [3.8, 4) is 5.75 Å². The fourth-order valence-corrected chi connectivity index (χ4v) is 2.25. The highest BCUT2D eigenvalue weighted by atomic mass is 16.5. The van der Waals surface area contributed by atoms with Gasteiger partial charge in [-0.3, -0.25) is 4.90 Å². The van der Waals surface area contributed by atoms with Gasteiger partial charge < -0.3 is 9.84 Å². The van der Waals surface area contributed by atoms with E-state index in [1.807, 2.05) is 19.1 Å². The van der Waals surface area contributed by atoms with Crippen molar-refractivity contribution in [1.82, 2.24) is 9.88 Å². The van der Waals surface area contributed by atoms with Crippen molar-refractivity contribution < 1.29 is 14.6 Å². The molecule has 0 amide bonds. The lowest BCUT2D eigenvalue weighted by atomic mass is 10.2. The lowest BCUT2D eigenvalue weighted by Crippen LogP contribution is -2.25. The third kappa shape index (κ3) is 4.35. The zero-order chi connectivity index (χ0) is 14.4. The molecule has 0 aromatic carbocycles. The summed E-state index contributed by atoms with van der Waals surface area (Å²) in [4.78, 5) is 17.3. The predicted molar refractivity (Wildman–Crippen MR) is 76.8 cm³/mol. The van der Waals surface area contributed by atoms with Crippen LogP contribution in [-0.4, -0.2) is 47.2 Å². The van der Waals surface area contributed by atoms with E-state index in [0.717, 1.165) is 31.4 Å². The minimum atomic E-state index is -0.990. The average Bonchev–Trinajstić information content (AvgIpc) is 2.91. The van der Waals surface area contributed by atoms with Gasteiger partial charge >= 0.3 is 5.97 Å². The molecule has 0 saturated carbocycles. The number of likely N-dealkylation sites (tertiary alicyclic amines) is 1. The first kappa shape index (κ1) is 14.5. The van der Waals surface area contributed by atoms with Gasteiger partial charge in [-0.25, -0.2) is 9.78 Å². The molecule has 0 aliphatic carbocycles. The SMILES string of the molecule is Cc1ccc(OCCN2CCCC2)c(C=CC(=O)O)n1. The minimum Gasteiger partial charge on any atom is -0.490 e. The Balaban J connectivity index is 1.96. The molecule has 0 unspecified atom stereocenters. The maximum atomic E-state index is 10.6. The molecule has 1 N–H and O–H groups in total. The summed E-state index contributed by atoms with van der Waals surface area (Å²) in [6, 6.07) is 3.71.